The van der Waals surface area contributed by atoms with Crippen LogP contribution in [0.5, 0.6) is 0 Å². The number of halogens is 1. The number of aryl methyl sites for hydroxylation is 1. The fourth-order valence-electron chi connectivity index (χ4n) is 2.35. The number of nitrogens with zero attached hydrogens (tertiary/aromatic N) is 5. The van der Waals surface area contributed by atoms with Crippen molar-refractivity contribution < 1.29 is 4.39 Å². The Bertz CT molecular complexity index is 954. The third kappa shape index (κ3) is 2.90. The number of hydrogen-bond donors (Lipinski definition) is 0. The molecule has 5 nitrogen and oxygen atoms in total. The highest BCUT2D eigenvalue weighted by Crippen LogP contribution is 2.27. The van der Waals surface area contributed by atoms with Crippen LogP contribution in [-0.2, 0) is 6.54 Å². The maximum Gasteiger partial charge on any atom is 0.214 e. The van der Waals surface area contributed by atoms with E-state index in [9.17, 15) is 4.39 Å². The number of imidazole rings is 1. The van der Waals surface area contributed by atoms with Crippen LogP contribution in [0.3, 0.4) is 0 Å². The number of rotatable bonds is 4. The lowest BCUT2D eigenvalue weighted by molar-refractivity contribution is 0.628. The van der Waals surface area contributed by atoms with E-state index in [2.05, 4.69) is 20.0 Å². The summed E-state index contributed by atoms with van der Waals surface area (Å²) in [6.07, 6.45) is 1.87. The van der Waals surface area contributed by atoms with E-state index in [1.165, 1.54) is 23.5 Å². The van der Waals surface area contributed by atoms with Gasteiger partial charge in [-0.2, -0.15) is 0 Å². The van der Waals surface area contributed by atoms with E-state index < -0.39 is 0 Å². The highest BCUT2D eigenvalue weighted by molar-refractivity contribution is 7.20. The zero-order chi connectivity index (χ0) is 16.7. The van der Waals surface area contributed by atoms with Crippen molar-refractivity contribution in [2.45, 2.75) is 13.5 Å². The Balaban J connectivity index is 1.58. The topological polar surface area (TPSA) is 46.3 Å². The van der Waals surface area contributed by atoms with Crippen LogP contribution >= 0.6 is 22.7 Å². The largest absolute Gasteiger partial charge is 0.343 e. The van der Waals surface area contributed by atoms with Gasteiger partial charge in [0.25, 0.3) is 0 Å². The molecule has 0 radical (unpaired) electrons. The van der Waals surface area contributed by atoms with Gasteiger partial charge in [-0.1, -0.05) is 11.3 Å². The second-order valence-corrected chi connectivity index (χ2v) is 7.36. The van der Waals surface area contributed by atoms with Gasteiger partial charge in [-0.15, -0.1) is 16.4 Å². The average Bonchev–Trinajstić information content (AvgIpc) is 3.22. The predicted molar refractivity (Wildman–Crippen MR) is 95.2 cm³/mol. The van der Waals surface area contributed by atoms with Crippen molar-refractivity contribution in [3.05, 3.63) is 52.4 Å². The SMILES string of the molecule is Cc1csc(CN(C)c2nn3cc(-c4ccc(F)cc4)nc3s2)n1. The quantitative estimate of drug-likeness (QED) is 0.553. The molecule has 0 aliphatic carbocycles. The minimum Gasteiger partial charge on any atom is -0.343 e. The number of anilines is 1. The first-order chi connectivity index (χ1) is 11.6. The normalized spacial score (nSPS) is 11.3. The first kappa shape index (κ1) is 15.2. The summed E-state index contributed by atoms with van der Waals surface area (Å²) in [4.78, 5) is 11.9. The van der Waals surface area contributed by atoms with Crippen molar-refractivity contribution >= 4 is 32.8 Å². The van der Waals surface area contributed by atoms with Gasteiger partial charge in [-0.05, 0) is 31.2 Å². The number of hydrogen-bond acceptors (Lipinski definition) is 6. The summed E-state index contributed by atoms with van der Waals surface area (Å²) in [5, 5.41) is 8.58. The van der Waals surface area contributed by atoms with Gasteiger partial charge in [0.1, 0.15) is 10.8 Å². The third-order valence-electron chi connectivity index (χ3n) is 3.54. The van der Waals surface area contributed by atoms with Crippen LogP contribution in [-0.4, -0.2) is 26.6 Å². The van der Waals surface area contributed by atoms with Gasteiger partial charge in [0.15, 0.2) is 0 Å². The maximum absolute atomic E-state index is 13.0. The van der Waals surface area contributed by atoms with Crippen LogP contribution in [0.15, 0.2) is 35.8 Å². The number of benzene rings is 1. The van der Waals surface area contributed by atoms with E-state index in [-0.39, 0.29) is 5.82 Å². The van der Waals surface area contributed by atoms with E-state index in [1.54, 1.807) is 28.0 Å². The lowest BCUT2D eigenvalue weighted by atomic mass is 10.2. The summed E-state index contributed by atoms with van der Waals surface area (Å²) in [5.74, 6) is -0.251. The van der Waals surface area contributed by atoms with Crippen molar-refractivity contribution in [1.82, 2.24) is 19.6 Å². The molecule has 0 unspecified atom stereocenters. The lowest BCUT2D eigenvalue weighted by Gasteiger charge is -2.12. The van der Waals surface area contributed by atoms with Crippen LogP contribution in [0, 0.1) is 12.7 Å². The van der Waals surface area contributed by atoms with Crippen LogP contribution in [0.4, 0.5) is 9.52 Å². The first-order valence-electron chi connectivity index (χ1n) is 7.33. The Morgan fingerprint density at radius 1 is 1.21 bits per heavy atom. The van der Waals surface area contributed by atoms with Crippen LogP contribution < -0.4 is 4.90 Å². The van der Waals surface area contributed by atoms with Gasteiger partial charge < -0.3 is 4.90 Å². The average molecular weight is 359 g/mol. The molecule has 24 heavy (non-hydrogen) atoms. The summed E-state index contributed by atoms with van der Waals surface area (Å²) < 4.78 is 14.8. The molecule has 0 atom stereocenters. The minimum atomic E-state index is -0.251. The summed E-state index contributed by atoms with van der Waals surface area (Å²) >= 11 is 3.17. The van der Waals surface area contributed by atoms with E-state index >= 15 is 0 Å². The number of fused-ring (bicyclic) bond motifs is 1. The van der Waals surface area contributed by atoms with Gasteiger partial charge in [-0.25, -0.2) is 18.9 Å². The lowest BCUT2D eigenvalue weighted by Crippen LogP contribution is -2.16. The van der Waals surface area contributed by atoms with Gasteiger partial charge in [0.05, 0.1) is 18.4 Å². The second kappa shape index (κ2) is 5.95. The fraction of sp³-hybridized carbons (Fsp3) is 0.188. The molecule has 0 aliphatic rings. The summed E-state index contributed by atoms with van der Waals surface area (Å²) in [7, 11) is 2.00. The van der Waals surface area contributed by atoms with E-state index in [4.69, 9.17) is 0 Å². The van der Waals surface area contributed by atoms with Gasteiger partial charge in [0, 0.05) is 23.7 Å². The molecule has 122 valence electrons. The predicted octanol–water partition coefficient (Wildman–Crippen LogP) is 4.00. The maximum atomic E-state index is 13.0. The van der Waals surface area contributed by atoms with Crippen molar-refractivity contribution in [3.63, 3.8) is 0 Å². The molecule has 3 heterocycles. The van der Waals surface area contributed by atoms with Crippen molar-refractivity contribution in [2.75, 3.05) is 11.9 Å². The number of aromatic nitrogens is 4. The zero-order valence-electron chi connectivity index (χ0n) is 13.1. The molecule has 1 aromatic carbocycles. The Morgan fingerprint density at radius 2 is 2.00 bits per heavy atom. The van der Waals surface area contributed by atoms with Crippen molar-refractivity contribution in [3.8, 4) is 11.3 Å². The van der Waals surface area contributed by atoms with E-state index in [1.807, 2.05) is 25.5 Å². The highest BCUT2D eigenvalue weighted by Gasteiger charge is 2.14. The molecule has 3 aromatic heterocycles. The van der Waals surface area contributed by atoms with Gasteiger partial charge in [0.2, 0.25) is 10.1 Å². The highest BCUT2D eigenvalue weighted by atomic mass is 32.1. The molecular weight excluding hydrogens is 345 g/mol. The van der Waals surface area contributed by atoms with Crippen LogP contribution in [0.1, 0.15) is 10.7 Å². The Kier molecular flexibility index (Phi) is 3.78. The smallest absolute Gasteiger partial charge is 0.214 e. The molecule has 0 aliphatic heterocycles. The molecule has 4 rings (SSSR count). The Morgan fingerprint density at radius 3 is 2.67 bits per heavy atom. The zero-order valence-corrected chi connectivity index (χ0v) is 14.7. The van der Waals surface area contributed by atoms with Gasteiger partial charge in [-0.3, -0.25) is 0 Å². The third-order valence-corrected chi connectivity index (χ3v) is 5.53. The minimum absolute atomic E-state index is 0.251. The monoisotopic (exact) mass is 359 g/mol. The van der Waals surface area contributed by atoms with Crippen molar-refractivity contribution in [2.24, 2.45) is 0 Å². The molecule has 0 fully saturated rings. The van der Waals surface area contributed by atoms with E-state index in [0.717, 1.165) is 38.6 Å². The Labute approximate surface area is 146 Å². The molecule has 0 spiro atoms. The summed E-state index contributed by atoms with van der Waals surface area (Å²) in [6, 6.07) is 6.32. The van der Waals surface area contributed by atoms with E-state index in [0.29, 0.717) is 0 Å². The molecule has 0 amide bonds. The molecule has 0 N–H and O–H groups in total. The molecule has 8 heteroatoms. The molecule has 0 saturated carbocycles. The molecular formula is C16H14FN5S2. The van der Waals surface area contributed by atoms with Gasteiger partial charge >= 0.3 is 0 Å². The fourth-order valence-corrected chi connectivity index (χ4v) is 4.02. The molecule has 4 aromatic rings. The molecule has 0 saturated heterocycles. The standard InChI is InChI=1S/C16H14FN5S2/c1-10-9-23-14(18-10)8-21(2)16-20-22-7-13(19-15(22)24-16)11-3-5-12(17)6-4-11/h3-7,9H,8H2,1-2H3. The number of thiazole rings is 1. The van der Waals surface area contributed by atoms with Crippen LogP contribution in [0.2, 0.25) is 0 Å². The molecule has 0 bridgehead atoms. The first-order valence-corrected chi connectivity index (χ1v) is 9.02. The van der Waals surface area contributed by atoms with Crippen LogP contribution in [0.25, 0.3) is 16.2 Å². The van der Waals surface area contributed by atoms with Crippen molar-refractivity contribution in [1.29, 1.82) is 0 Å². The second-order valence-electron chi connectivity index (χ2n) is 5.48. The summed E-state index contributed by atoms with van der Waals surface area (Å²) in [5.41, 5.74) is 2.71. The summed E-state index contributed by atoms with van der Waals surface area (Å²) in [6.45, 7) is 2.72. The Hall–Kier alpha value is -2.32.